The number of methoxy groups -OCH3 is 1. The SMILES string of the molecule is COc1c(Nc2nc(Cc3c(Cl)cccc3Cl)c3nc[nH]c3c2C(N)=O)ccc(N2CCNCC2)c1F. The Hall–Kier alpha value is -3.60. The third-order valence-electron chi connectivity index (χ3n) is 6.29. The van der Waals surface area contributed by atoms with E-state index >= 15 is 4.39 Å². The number of amides is 1. The number of H-pyrrole nitrogens is 1. The Bertz CT molecular complexity index is 1470. The lowest BCUT2D eigenvalue weighted by molar-refractivity contribution is 0.100. The first kappa shape index (κ1) is 25.1. The zero-order valence-electron chi connectivity index (χ0n) is 19.9. The second-order valence-electron chi connectivity index (χ2n) is 8.49. The Labute approximate surface area is 222 Å². The number of halogens is 3. The summed E-state index contributed by atoms with van der Waals surface area (Å²) in [5.41, 5.74) is 8.53. The minimum Gasteiger partial charge on any atom is -0.492 e. The molecule has 5 rings (SSSR count). The van der Waals surface area contributed by atoms with Crippen LogP contribution in [0.3, 0.4) is 0 Å². The highest BCUT2D eigenvalue weighted by Crippen LogP contribution is 2.38. The van der Waals surface area contributed by atoms with Crippen molar-refractivity contribution >= 4 is 57.3 Å². The molecule has 9 nitrogen and oxygen atoms in total. The molecule has 5 N–H and O–H groups in total. The van der Waals surface area contributed by atoms with Gasteiger partial charge in [-0.3, -0.25) is 4.79 Å². The maximum Gasteiger partial charge on any atom is 0.254 e. The first-order valence-electron chi connectivity index (χ1n) is 11.6. The van der Waals surface area contributed by atoms with Gasteiger partial charge in [0.1, 0.15) is 16.9 Å². The third kappa shape index (κ3) is 4.75. The number of nitrogens with one attached hydrogen (secondary N) is 3. The van der Waals surface area contributed by atoms with E-state index in [0.717, 1.165) is 13.1 Å². The van der Waals surface area contributed by atoms with Gasteiger partial charge in [0.05, 0.1) is 36.0 Å². The quantitative estimate of drug-likeness (QED) is 0.275. The lowest BCUT2D eigenvalue weighted by atomic mass is 10.1. The molecule has 3 heterocycles. The number of anilines is 3. The number of rotatable bonds is 7. The van der Waals surface area contributed by atoms with Crippen molar-refractivity contribution in [3.63, 3.8) is 0 Å². The van der Waals surface area contributed by atoms with E-state index in [4.69, 9.17) is 33.7 Å². The number of pyridine rings is 1. The number of nitrogens with two attached hydrogens (primary N) is 1. The third-order valence-corrected chi connectivity index (χ3v) is 7.00. The number of aromatic amines is 1. The molecule has 1 aliphatic heterocycles. The van der Waals surface area contributed by atoms with Gasteiger partial charge in [-0.2, -0.15) is 0 Å². The summed E-state index contributed by atoms with van der Waals surface area (Å²) in [6.07, 6.45) is 1.68. The number of carbonyl (C=O) groups excluding carboxylic acids is 1. The number of benzene rings is 2. The number of aromatic nitrogens is 3. The zero-order chi connectivity index (χ0) is 26.1. The van der Waals surface area contributed by atoms with Crippen LogP contribution in [-0.4, -0.2) is 54.1 Å². The largest absolute Gasteiger partial charge is 0.492 e. The molecule has 0 aliphatic carbocycles. The molecule has 0 saturated carbocycles. The van der Waals surface area contributed by atoms with Crippen molar-refractivity contribution in [1.82, 2.24) is 20.3 Å². The van der Waals surface area contributed by atoms with Gasteiger partial charge in [0.25, 0.3) is 5.91 Å². The van der Waals surface area contributed by atoms with E-state index < -0.39 is 11.7 Å². The molecular formula is C25H24Cl2FN7O2. The zero-order valence-corrected chi connectivity index (χ0v) is 21.4. The van der Waals surface area contributed by atoms with Crippen molar-refractivity contribution in [2.45, 2.75) is 6.42 Å². The summed E-state index contributed by atoms with van der Waals surface area (Å²) in [7, 11) is 1.39. The molecule has 0 spiro atoms. The normalized spacial score (nSPS) is 13.7. The van der Waals surface area contributed by atoms with Crippen LogP contribution in [0.2, 0.25) is 10.0 Å². The van der Waals surface area contributed by atoms with Crippen LogP contribution in [0.5, 0.6) is 5.75 Å². The van der Waals surface area contributed by atoms with Crippen LogP contribution in [0, 0.1) is 5.82 Å². The van der Waals surface area contributed by atoms with Gasteiger partial charge in [0.2, 0.25) is 0 Å². The fraction of sp³-hybridized carbons (Fsp3) is 0.240. The van der Waals surface area contributed by atoms with Gasteiger partial charge in [-0.15, -0.1) is 0 Å². The smallest absolute Gasteiger partial charge is 0.254 e. The lowest BCUT2D eigenvalue weighted by Crippen LogP contribution is -2.43. The predicted octanol–water partition coefficient (Wildman–Crippen LogP) is 4.26. The lowest BCUT2D eigenvalue weighted by Gasteiger charge is -2.30. The van der Waals surface area contributed by atoms with E-state index in [2.05, 4.69) is 25.6 Å². The van der Waals surface area contributed by atoms with E-state index in [1.54, 1.807) is 30.3 Å². The van der Waals surface area contributed by atoms with Gasteiger partial charge in [0.15, 0.2) is 11.6 Å². The Morgan fingerprint density at radius 3 is 2.62 bits per heavy atom. The Morgan fingerprint density at radius 2 is 1.95 bits per heavy atom. The summed E-state index contributed by atoms with van der Waals surface area (Å²) in [6, 6.07) is 8.58. The summed E-state index contributed by atoms with van der Waals surface area (Å²) < 4.78 is 21.0. The predicted molar refractivity (Wildman–Crippen MR) is 143 cm³/mol. The minimum atomic E-state index is -0.733. The summed E-state index contributed by atoms with van der Waals surface area (Å²) >= 11 is 12.8. The van der Waals surface area contributed by atoms with Crippen molar-refractivity contribution in [1.29, 1.82) is 0 Å². The number of carbonyl (C=O) groups is 1. The molecule has 2 aromatic carbocycles. The molecule has 0 bridgehead atoms. The number of primary amides is 1. The highest BCUT2D eigenvalue weighted by molar-refractivity contribution is 6.36. The van der Waals surface area contributed by atoms with Crippen molar-refractivity contribution in [2.24, 2.45) is 5.73 Å². The van der Waals surface area contributed by atoms with Crippen molar-refractivity contribution in [3.05, 3.63) is 69.3 Å². The number of hydrogen-bond acceptors (Lipinski definition) is 7. The van der Waals surface area contributed by atoms with Gasteiger partial charge in [-0.05, 0) is 29.8 Å². The number of hydrogen-bond donors (Lipinski definition) is 4. The van der Waals surface area contributed by atoms with E-state index in [1.807, 2.05) is 4.90 Å². The van der Waals surface area contributed by atoms with Crippen LogP contribution in [0.15, 0.2) is 36.7 Å². The fourth-order valence-electron chi connectivity index (χ4n) is 4.51. The van der Waals surface area contributed by atoms with Crippen molar-refractivity contribution in [2.75, 3.05) is 43.5 Å². The van der Waals surface area contributed by atoms with Crippen LogP contribution in [-0.2, 0) is 6.42 Å². The maximum atomic E-state index is 15.6. The Kier molecular flexibility index (Phi) is 7.05. The van der Waals surface area contributed by atoms with E-state index in [0.29, 0.717) is 51.1 Å². The van der Waals surface area contributed by atoms with Crippen LogP contribution in [0.4, 0.5) is 21.6 Å². The molecule has 2 aromatic heterocycles. The van der Waals surface area contributed by atoms with Crippen molar-refractivity contribution < 1.29 is 13.9 Å². The Balaban J connectivity index is 1.60. The summed E-state index contributed by atoms with van der Waals surface area (Å²) in [6.45, 7) is 2.86. The summed E-state index contributed by atoms with van der Waals surface area (Å²) in [5.74, 6) is -1.13. The van der Waals surface area contributed by atoms with Gasteiger partial charge in [-0.1, -0.05) is 29.3 Å². The standard InChI is InChI=1S/C25H24Cl2FN7O2/c1-37-23-16(5-6-18(20(23)28)35-9-7-30-8-10-35)33-25-19(24(29)36)22-21(31-12-32-22)17(34-25)11-13-14(26)3-2-4-15(13)27/h2-6,12,30H,7-11H2,1H3,(H2,29,36)(H,31,32)(H,33,34). The maximum absolute atomic E-state index is 15.6. The number of fused-ring (bicyclic) bond motifs is 1. The molecule has 37 heavy (non-hydrogen) atoms. The molecule has 0 atom stereocenters. The minimum absolute atomic E-state index is 0.00587. The average Bonchev–Trinajstić information content (AvgIpc) is 3.37. The van der Waals surface area contributed by atoms with Crippen LogP contribution in [0.25, 0.3) is 11.0 Å². The molecular weight excluding hydrogens is 520 g/mol. The van der Waals surface area contributed by atoms with Crippen LogP contribution >= 0.6 is 23.2 Å². The Morgan fingerprint density at radius 1 is 1.22 bits per heavy atom. The average molecular weight is 544 g/mol. The van der Waals surface area contributed by atoms with E-state index in [1.165, 1.54) is 13.4 Å². The second kappa shape index (κ2) is 10.4. The number of piperazine rings is 1. The molecule has 1 saturated heterocycles. The first-order chi connectivity index (χ1) is 17.9. The van der Waals surface area contributed by atoms with Crippen LogP contribution in [0.1, 0.15) is 21.6 Å². The summed E-state index contributed by atoms with van der Waals surface area (Å²) in [4.78, 5) is 26.5. The molecule has 192 valence electrons. The van der Waals surface area contributed by atoms with Gasteiger partial charge in [-0.25, -0.2) is 14.4 Å². The second-order valence-corrected chi connectivity index (χ2v) is 9.31. The van der Waals surface area contributed by atoms with E-state index in [9.17, 15) is 4.79 Å². The fourth-order valence-corrected chi connectivity index (χ4v) is 5.04. The first-order valence-corrected chi connectivity index (χ1v) is 12.3. The topological polar surface area (TPSA) is 121 Å². The highest BCUT2D eigenvalue weighted by Gasteiger charge is 2.25. The number of ether oxygens (including phenoxy) is 1. The molecule has 0 unspecified atom stereocenters. The molecule has 1 amide bonds. The summed E-state index contributed by atoms with van der Waals surface area (Å²) in [5, 5.41) is 7.25. The number of imidazole rings is 1. The van der Waals surface area contributed by atoms with Gasteiger partial charge in [0, 0.05) is 42.6 Å². The van der Waals surface area contributed by atoms with E-state index in [-0.39, 0.29) is 29.2 Å². The monoisotopic (exact) mass is 543 g/mol. The molecule has 1 aliphatic rings. The number of nitrogens with zero attached hydrogens (tertiary/aromatic N) is 3. The molecule has 1 fully saturated rings. The van der Waals surface area contributed by atoms with Gasteiger partial charge < -0.3 is 31.0 Å². The van der Waals surface area contributed by atoms with Gasteiger partial charge >= 0.3 is 0 Å². The molecule has 0 radical (unpaired) electrons. The highest BCUT2D eigenvalue weighted by atomic mass is 35.5. The van der Waals surface area contributed by atoms with Crippen molar-refractivity contribution in [3.8, 4) is 5.75 Å². The molecule has 4 aromatic rings. The van der Waals surface area contributed by atoms with Crippen LogP contribution < -0.4 is 26.0 Å². The molecule has 12 heteroatoms.